The van der Waals surface area contributed by atoms with Crippen molar-refractivity contribution in [3.8, 4) is 0 Å². The lowest BCUT2D eigenvalue weighted by Gasteiger charge is -2.24. The molecule has 39 heavy (non-hydrogen) atoms. The van der Waals surface area contributed by atoms with E-state index in [1.54, 1.807) is 0 Å². The number of anilines is 1. The number of para-hydroxylation sites is 2. The number of nitrogens with one attached hydrogen (secondary N) is 1. The molecule has 12 heteroatoms. The molecule has 0 aliphatic carbocycles. The van der Waals surface area contributed by atoms with Crippen LogP contribution < -0.4 is 10.6 Å². The molecule has 0 fully saturated rings. The number of aromatic nitrogens is 2. The maximum Gasteiger partial charge on any atom is 0.266 e. The number of aryl methyl sites for hydroxylation is 1. The van der Waals surface area contributed by atoms with Crippen LogP contribution in [0.15, 0.2) is 60.9 Å². The third-order valence-corrected chi connectivity index (χ3v) is 7.70. The first-order chi connectivity index (χ1) is 18.4. The van der Waals surface area contributed by atoms with Crippen molar-refractivity contribution in [1.29, 1.82) is 5.41 Å². The first kappa shape index (κ1) is 26.7. The van der Waals surface area contributed by atoms with Gasteiger partial charge in [-0.05, 0) is 24.0 Å². The highest BCUT2D eigenvalue weighted by molar-refractivity contribution is 8.13. The second-order valence-electron chi connectivity index (χ2n) is 9.67. The van der Waals surface area contributed by atoms with Crippen LogP contribution in [0.5, 0.6) is 0 Å². The Labute approximate surface area is 229 Å². The summed E-state index contributed by atoms with van der Waals surface area (Å²) in [5.74, 6) is 0.461. The van der Waals surface area contributed by atoms with Crippen LogP contribution in [-0.2, 0) is 39.7 Å². The van der Waals surface area contributed by atoms with Crippen molar-refractivity contribution >= 4 is 71.9 Å². The third kappa shape index (κ3) is 5.22. The van der Waals surface area contributed by atoms with Crippen LogP contribution in [0.2, 0.25) is 0 Å². The first-order valence-electron chi connectivity index (χ1n) is 12.1. The van der Waals surface area contributed by atoms with Crippen molar-refractivity contribution in [3.05, 3.63) is 72.1 Å². The van der Waals surface area contributed by atoms with Crippen molar-refractivity contribution < 1.29 is 22.6 Å². The first-order valence-corrected chi connectivity index (χ1v) is 14.9. The molecule has 0 spiro atoms. The molecule has 2 aliphatic heterocycles. The van der Waals surface area contributed by atoms with E-state index in [4.69, 9.17) is 15.7 Å². The molecule has 4 aromatic rings. The largest absolute Gasteiger partial charge is 0.379 e. The Morgan fingerprint density at radius 3 is 2.54 bits per heavy atom. The van der Waals surface area contributed by atoms with Gasteiger partial charge in [0.05, 0.1) is 23.0 Å². The Morgan fingerprint density at radius 1 is 1.13 bits per heavy atom. The van der Waals surface area contributed by atoms with Gasteiger partial charge in [-0.15, -0.1) is 0 Å². The van der Waals surface area contributed by atoms with Gasteiger partial charge in [-0.2, -0.15) is 8.42 Å². The van der Waals surface area contributed by atoms with Crippen LogP contribution in [-0.4, -0.2) is 51.1 Å². The van der Waals surface area contributed by atoms with Gasteiger partial charge < -0.3 is 14.9 Å². The van der Waals surface area contributed by atoms with Gasteiger partial charge in [0.2, 0.25) is 0 Å². The van der Waals surface area contributed by atoms with E-state index in [1.807, 2.05) is 60.4 Å². The predicted molar refractivity (Wildman–Crippen MR) is 154 cm³/mol. The quantitative estimate of drug-likeness (QED) is 0.148. The normalized spacial score (nSPS) is 16.9. The van der Waals surface area contributed by atoms with Crippen molar-refractivity contribution in [1.82, 2.24) is 9.13 Å². The fourth-order valence-corrected chi connectivity index (χ4v) is 5.96. The van der Waals surface area contributed by atoms with Gasteiger partial charge in [0.1, 0.15) is 0 Å². The van der Waals surface area contributed by atoms with Gasteiger partial charge in [0, 0.05) is 59.7 Å². The van der Waals surface area contributed by atoms with E-state index in [9.17, 15) is 18.0 Å². The molecule has 0 bridgehead atoms. The lowest BCUT2D eigenvalue weighted by molar-refractivity contribution is -0.119. The summed E-state index contributed by atoms with van der Waals surface area (Å²) in [4.78, 5) is 28.1. The molecule has 2 amide bonds. The minimum absolute atomic E-state index is 0.123. The van der Waals surface area contributed by atoms with Crippen molar-refractivity contribution in [2.75, 3.05) is 16.9 Å². The highest BCUT2D eigenvalue weighted by Crippen LogP contribution is 2.40. The van der Waals surface area contributed by atoms with Gasteiger partial charge in [-0.1, -0.05) is 48.2 Å². The van der Waals surface area contributed by atoms with Crippen LogP contribution in [0.1, 0.15) is 11.1 Å². The second kappa shape index (κ2) is 10.0. The number of fused-ring (bicyclic) bond motifs is 1. The Bertz CT molecular complexity index is 1790. The molecular weight excluding hydrogens is 538 g/mol. The smallest absolute Gasteiger partial charge is 0.266 e. The molecule has 0 saturated heterocycles. The molecular formula is C27H27N5O5S2. The van der Waals surface area contributed by atoms with Crippen LogP contribution in [0.3, 0.4) is 0 Å². The summed E-state index contributed by atoms with van der Waals surface area (Å²) in [7, 11) is -1.73. The summed E-state index contributed by atoms with van der Waals surface area (Å²) in [6, 6.07) is 13.9. The monoisotopic (exact) mass is 565 g/mol. The SMILES string of the molecule is CS(=O)(=O)O.Cn1cc(C2=CC(=O)N(c3cn4c5c(cccc35)CC(CSC(=N)N)C4)C2=O)c2ccccc21. The minimum Gasteiger partial charge on any atom is -0.379 e. The van der Waals surface area contributed by atoms with Gasteiger partial charge >= 0.3 is 0 Å². The number of nitrogens with zero attached hydrogens (tertiary/aromatic N) is 3. The topological polar surface area (TPSA) is 151 Å². The standard InChI is InChI=1S/C26H23N5O2S.CH4O3S/c1-29-12-20(17-6-2-3-8-21(17)29)19-10-23(32)31(25(19)33)22-13-30-11-15(14-34-26(27)28)9-16-5-4-7-18(22)24(16)30;1-5(2,3)4/h2-8,10,12-13,15H,9,11,14H2,1H3,(H3,27,28);1H3,(H,2,3,4). The Morgan fingerprint density at radius 2 is 1.82 bits per heavy atom. The number of rotatable bonds is 4. The zero-order valence-electron chi connectivity index (χ0n) is 21.3. The predicted octanol–water partition coefficient (Wildman–Crippen LogP) is 3.39. The Balaban J connectivity index is 0.000000567. The summed E-state index contributed by atoms with van der Waals surface area (Å²) in [5, 5.41) is 9.50. The molecule has 0 saturated carbocycles. The maximum absolute atomic E-state index is 13.6. The average Bonchev–Trinajstić information content (AvgIpc) is 3.49. The van der Waals surface area contributed by atoms with Crippen LogP contribution in [0.4, 0.5) is 5.69 Å². The fourth-order valence-electron chi connectivity index (χ4n) is 5.33. The number of hydrogen-bond acceptors (Lipinski definition) is 6. The number of amides is 2. The zero-order chi connectivity index (χ0) is 28.1. The minimum atomic E-state index is -3.67. The third-order valence-electron chi connectivity index (χ3n) is 6.75. The van der Waals surface area contributed by atoms with Crippen molar-refractivity contribution in [3.63, 3.8) is 0 Å². The van der Waals surface area contributed by atoms with E-state index in [2.05, 4.69) is 10.6 Å². The van der Waals surface area contributed by atoms with Crippen molar-refractivity contribution in [2.24, 2.45) is 18.7 Å². The number of thioether (sulfide) groups is 1. The summed E-state index contributed by atoms with van der Waals surface area (Å²) in [5.41, 5.74) is 10.6. The molecule has 0 radical (unpaired) electrons. The van der Waals surface area contributed by atoms with Crippen LogP contribution in [0.25, 0.3) is 27.4 Å². The number of amidine groups is 1. The Hall–Kier alpha value is -3.87. The number of benzene rings is 2. The molecule has 6 rings (SSSR count). The molecule has 10 nitrogen and oxygen atoms in total. The van der Waals surface area contributed by atoms with Crippen molar-refractivity contribution in [2.45, 2.75) is 13.0 Å². The van der Waals surface area contributed by atoms with Gasteiger partial charge in [-0.25, -0.2) is 4.90 Å². The van der Waals surface area contributed by atoms with Gasteiger partial charge in [-0.3, -0.25) is 19.6 Å². The summed E-state index contributed by atoms with van der Waals surface area (Å²) >= 11 is 1.35. The Kier molecular flexibility index (Phi) is 6.87. The second-order valence-corrected chi connectivity index (χ2v) is 12.2. The van der Waals surface area contributed by atoms with E-state index in [0.29, 0.717) is 23.4 Å². The molecule has 1 atom stereocenters. The number of carbonyl (C=O) groups is 2. The van der Waals surface area contributed by atoms with E-state index >= 15 is 0 Å². The molecule has 2 aliphatic rings. The van der Waals surface area contributed by atoms with E-state index in [0.717, 1.165) is 46.1 Å². The molecule has 1 unspecified atom stereocenters. The lowest BCUT2D eigenvalue weighted by Crippen LogP contribution is -2.30. The number of hydrogen-bond donors (Lipinski definition) is 3. The van der Waals surface area contributed by atoms with E-state index in [1.165, 1.54) is 28.3 Å². The van der Waals surface area contributed by atoms with E-state index < -0.39 is 10.1 Å². The number of nitrogens with two attached hydrogens (primary N) is 1. The molecule has 2 aromatic heterocycles. The fraction of sp³-hybridized carbons (Fsp3) is 0.222. The highest BCUT2D eigenvalue weighted by atomic mass is 32.2. The maximum atomic E-state index is 13.6. The summed E-state index contributed by atoms with van der Waals surface area (Å²) in [6.45, 7) is 0.758. The lowest BCUT2D eigenvalue weighted by atomic mass is 9.96. The van der Waals surface area contributed by atoms with Crippen LogP contribution >= 0.6 is 11.8 Å². The number of carbonyl (C=O) groups excluding carboxylic acids is 2. The van der Waals surface area contributed by atoms with Gasteiger partial charge in [0.25, 0.3) is 21.9 Å². The number of imide groups is 1. The average molecular weight is 566 g/mol. The summed E-state index contributed by atoms with van der Waals surface area (Å²) < 4.78 is 30.0. The zero-order valence-corrected chi connectivity index (χ0v) is 22.9. The highest BCUT2D eigenvalue weighted by Gasteiger charge is 2.37. The molecule has 202 valence electrons. The molecule has 4 N–H and O–H groups in total. The van der Waals surface area contributed by atoms with E-state index in [-0.39, 0.29) is 17.0 Å². The molecule has 4 heterocycles. The molecule has 2 aromatic carbocycles. The van der Waals surface area contributed by atoms with Crippen LogP contribution in [0, 0.1) is 11.3 Å². The van der Waals surface area contributed by atoms with Gasteiger partial charge in [0.15, 0.2) is 5.17 Å². The summed E-state index contributed by atoms with van der Waals surface area (Å²) in [6.07, 6.45) is 6.89.